The molecule has 1 saturated carbocycles. The third kappa shape index (κ3) is 1.45. The second-order valence-electron chi connectivity index (χ2n) is 4.01. The van der Waals surface area contributed by atoms with Crippen molar-refractivity contribution >= 4 is 0 Å². The van der Waals surface area contributed by atoms with Gasteiger partial charge in [-0.3, -0.25) is 0 Å². The standard InChI is InChI=1S/C12H17NO/c1-14-12(8-5-9-12)11(13)10-6-3-2-4-7-10/h2-4,6-7,11H,5,8-9,13H2,1H3. The van der Waals surface area contributed by atoms with E-state index in [1.807, 2.05) is 18.2 Å². The molecule has 1 atom stereocenters. The fourth-order valence-corrected chi connectivity index (χ4v) is 2.13. The van der Waals surface area contributed by atoms with Crippen LogP contribution in [0.2, 0.25) is 0 Å². The number of hydrogen-bond acceptors (Lipinski definition) is 2. The van der Waals surface area contributed by atoms with Crippen LogP contribution in [-0.2, 0) is 4.74 Å². The Labute approximate surface area is 85.1 Å². The number of hydrogen-bond donors (Lipinski definition) is 1. The van der Waals surface area contributed by atoms with Gasteiger partial charge in [-0.2, -0.15) is 0 Å². The van der Waals surface area contributed by atoms with E-state index in [1.165, 1.54) is 12.0 Å². The monoisotopic (exact) mass is 191 g/mol. The van der Waals surface area contributed by atoms with Crippen LogP contribution in [0.5, 0.6) is 0 Å². The molecule has 1 unspecified atom stereocenters. The predicted molar refractivity (Wildman–Crippen MR) is 57.0 cm³/mol. The SMILES string of the molecule is COC1(C(N)c2ccccc2)CCC1. The van der Waals surface area contributed by atoms with Gasteiger partial charge in [0.1, 0.15) is 0 Å². The van der Waals surface area contributed by atoms with Crippen molar-refractivity contribution in [2.45, 2.75) is 30.9 Å². The van der Waals surface area contributed by atoms with Crippen LogP contribution >= 0.6 is 0 Å². The summed E-state index contributed by atoms with van der Waals surface area (Å²) in [6.45, 7) is 0. The number of nitrogens with two attached hydrogens (primary N) is 1. The Kier molecular flexibility index (Phi) is 2.57. The highest BCUT2D eigenvalue weighted by Crippen LogP contribution is 2.43. The summed E-state index contributed by atoms with van der Waals surface area (Å²) in [6, 6.07) is 10.2. The molecule has 1 aliphatic carbocycles. The van der Waals surface area contributed by atoms with Gasteiger partial charge in [-0.1, -0.05) is 30.3 Å². The fraction of sp³-hybridized carbons (Fsp3) is 0.500. The van der Waals surface area contributed by atoms with Crippen molar-refractivity contribution < 1.29 is 4.74 Å². The molecule has 0 aliphatic heterocycles. The molecular weight excluding hydrogens is 174 g/mol. The molecule has 1 aliphatic rings. The quantitative estimate of drug-likeness (QED) is 0.795. The van der Waals surface area contributed by atoms with E-state index in [0.29, 0.717) is 0 Å². The summed E-state index contributed by atoms with van der Waals surface area (Å²) in [6.07, 6.45) is 3.40. The van der Waals surface area contributed by atoms with Crippen molar-refractivity contribution in [1.29, 1.82) is 0 Å². The zero-order chi connectivity index (χ0) is 10.0. The molecule has 0 amide bonds. The minimum Gasteiger partial charge on any atom is -0.376 e. The van der Waals surface area contributed by atoms with Gasteiger partial charge in [-0.05, 0) is 24.8 Å². The molecule has 2 rings (SSSR count). The van der Waals surface area contributed by atoms with Crippen molar-refractivity contribution in [1.82, 2.24) is 0 Å². The lowest BCUT2D eigenvalue weighted by atomic mass is 9.72. The molecular formula is C12H17NO. The Morgan fingerprint density at radius 2 is 1.93 bits per heavy atom. The Morgan fingerprint density at radius 1 is 1.29 bits per heavy atom. The van der Waals surface area contributed by atoms with Gasteiger partial charge in [-0.15, -0.1) is 0 Å². The van der Waals surface area contributed by atoms with Crippen LogP contribution < -0.4 is 5.73 Å². The molecule has 0 heterocycles. The number of ether oxygens (including phenoxy) is 1. The van der Waals surface area contributed by atoms with Gasteiger partial charge in [0.2, 0.25) is 0 Å². The summed E-state index contributed by atoms with van der Waals surface area (Å²) in [4.78, 5) is 0. The van der Waals surface area contributed by atoms with Gasteiger partial charge in [0.25, 0.3) is 0 Å². The maximum Gasteiger partial charge on any atom is 0.0870 e. The highest BCUT2D eigenvalue weighted by atomic mass is 16.5. The van der Waals surface area contributed by atoms with E-state index in [1.54, 1.807) is 7.11 Å². The first kappa shape index (κ1) is 9.69. The first-order chi connectivity index (χ1) is 6.78. The maximum absolute atomic E-state index is 6.22. The molecule has 0 bridgehead atoms. The van der Waals surface area contributed by atoms with Crippen LogP contribution in [0.3, 0.4) is 0 Å². The molecule has 76 valence electrons. The predicted octanol–water partition coefficient (Wildman–Crippen LogP) is 2.26. The Bertz CT molecular complexity index is 287. The number of rotatable bonds is 3. The molecule has 2 N–H and O–H groups in total. The van der Waals surface area contributed by atoms with Crippen LogP contribution in [0.15, 0.2) is 30.3 Å². The second kappa shape index (κ2) is 3.71. The smallest absolute Gasteiger partial charge is 0.0870 e. The zero-order valence-electron chi connectivity index (χ0n) is 8.57. The Balaban J connectivity index is 2.19. The Morgan fingerprint density at radius 3 is 2.36 bits per heavy atom. The topological polar surface area (TPSA) is 35.2 Å². The van der Waals surface area contributed by atoms with Gasteiger partial charge in [0.05, 0.1) is 11.6 Å². The molecule has 1 fully saturated rings. The van der Waals surface area contributed by atoms with E-state index < -0.39 is 0 Å². The fourth-order valence-electron chi connectivity index (χ4n) is 2.13. The van der Waals surface area contributed by atoms with Gasteiger partial charge >= 0.3 is 0 Å². The Hall–Kier alpha value is -0.860. The largest absolute Gasteiger partial charge is 0.376 e. The summed E-state index contributed by atoms with van der Waals surface area (Å²) in [5, 5.41) is 0. The minimum atomic E-state index is -0.0959. The van der Waals surface area contributed by atoms with Crippen molar-refractivity contribution in [3.8, 4) is 0 Å². The molecule has 1 aromatic rings. The summed E-state index contributed by atoms with van der Waals surface area (Å²) < 4.78 is 5.56. The molecule has 14 heavy (non-hydrogen) atoms. The van der Waals surface area contributed by atoms with Crippen molar-refractivity contribution in [2.24, 2.45) is 5.73 Å². The molecule has 1 aromatic carbocycles. The first-order valence-corrected chi connectivity index (χ1v) is 5.14. The van der Waals surface area contributed by atoms with E-state index in [9.17, 15) is 0 Å². The van der Waals surface area contributed by atoms with Crippen LogP contribution in [0.25, 0.3) is 0 Å². The maximum atomic E-state index is 6.22. The summed E-state index contributed by atoms with van der Waals surface area (Å²) in [5.41, 5.74) is 7.30. The lowest BCUT2D eigenvalue weighted by Gasteiger charge is -2.45. The van der Waals surface area contributed by atoms with Crippen molar-refractivity contribution in [3.05, 3.63) is 35.9 Å². The van der Waals surface area contributed by atoms with Crippen LogP contribution in [0.1, 0.15) is 30.9 Å². The zero-order valence-corrected chi connectivity index (χ0v) is 8.57. The molecule has 0 saturated heterocycles. The van der Waals surface area contributed by atoms with Crippen molar-refractivity contribution in [3.63, 3.8) is 0 Å². The molecule has 2 nitrogen and oxygen atoms in total. The van der Waals surface area contributed by atoms with Crippen molar-refractivity contribution in [2.75, 3.05) is 7.11 Å². The lowest BCUT2D eigenvalue weighted by Crippen LogP contribution is -2.48. The second-order valence-corrected chi connectivity index (χ2v) is 4.01. The van der Waals surface area contributed by atoms with E-state index >= 15 is 0 Å². The third-order valence-corrected chi connectivity index (χ3v) is 3.33. The van der Waals surface area contributed by atoms with Gasteiger partial charge in [0, 0.05) is 7.11 Å². The molecule has 0 spiro atoms. The minimum absolute atomic E-state index is 0.0162. The average Bonchev–Trinajstić information content (AvgIpc) is 2.18. The first-order valence-electron chi connectivity index (χ1n) is 5.14. The summed E-state index contributed by atoms with van der Waals surface area (Å²) in [5.74, 6) is 0. The highest BCUT2D eigenvalue weighted by Gasteiger charge is 2.43. The summed E-state index contributed by atoms with van der Waals surface area (Å²) >= 11 is 0. The van der Waals surface area contributed by atoms with Crippen LogP contribution in [0, 0.1) is 0 Å². The van der Waals surface area contributed by atoms with Crippen LogP contribution in [0.4, 0.5) is 0 Å². The van der Waals surface area contributed by atoms with E-state index in [0.717, 1.165) is 12.8 Å². The summed E-state index contributed by atoms with van der Waals surface area (Å²) in [7, 11) is 1.77. The number of methoxy groups -OCH3 is 1. The van der Waals surface area contributed by atoms with Gasteiger partial charge in [0.15, 0.2) is 0 Å². The average molecular weight is 191 g/mol. The third-order valence-electron chi connectivity index (χ3n) is 3.33. The van der Waals surface area contributed by atoms with E-state index in [2.05, 4.69) is 12.1 Å². The van der Waals surface area contributed by atoms with E-state index in [-0.39, 0.29) is 11.6 Å². The number of benzene rings is 1. The lowest BCUT2D eigenvalue weighted by molar-refractivity contribution is -0.0911. The molecule has 0 radical (unpaired) electrons. The van der Waals surface area contributed by atoms with Gasteiger partial charge < -0.3 is 10.5 Å². The molecule has 2 heteroatoms. The van der Waals surface area contributed by atoms with E-state index in [4.69, 9.17) is 10.5 Å². The van der Waals surface area contributed by atoms with Crippen LogP contribution in [-0.4, -0.2) is 12.7 Å². The van der Waals surface area contributed by atoms with Gasteiger partial charge in [-0.25, -0.2) is 0 Å². The normalized spacial score (nSPS) is 21.3. The molecule has 0 aromatic heterocycles. The highest BCUT2D eigenvalue weighted by molar-refractivity contribution is 5.23.